The van der Waals surface area contributed by atoms with Gasteiger partial charge in [-0.15, -0.1) is 0 Å². The van der Waals surface area contributed by atoms with E-state index in [1.807, 2.05) is 25.2 Å². The summed E-state index contributed by atoms with van der Waals surface area (Å²) in [5.74, 6) is 0.913. The van der Waals surface area contributed by atoms with Crippen LogP contribution < -0.4 is 10.1 Å². The molecule has 1 aromatic carbocycles. The topological polar surface area (TPSA) is 30.5 Å². The molecule has 0 spiro atoms. The molecule has 18 heavy (non-hydrogen) atoms. The quantitative estimate of drug-likeness (QED) is 0.841. The van der Waals surface area contributed by atoms with Crippen LogP contribution in [0.4, 0.5) is 0 Å². The van der Waals surface area contributed by atoms with Crippen molar-refractivity contribution in [2.45, 2.75) is 37.9 Å². The Morgan fingerprint density at radius 1 is 1.28 bits per heavy atom. The first kappa shape index (κ1) is 13.4. The number of rotatable bonds is 6. The van der Waals surface area contributed by atoms with E-state index in [1.165, 1.54) is 25.7 Å². The molecule has 1 atom stereocenters. The molecular weight excluding hydrogens is 226 g/mol. The summed E-state index contributed by atoms with van der Waals surface area (Å²) >= 11 is 0. The van der Waals surface area contributed by atoms with Crippen LogP contribution in [0, 0.1) is 0 Å². The highest BCUT2D eigenvalue weighted by atomic mass is 16.5. The minimum Gasteiger partial charge on any atom is -0.496 e. The lowest BCUT2D eigenvalue weighted by Crippen LogP contribution is -2.24. The number of benzene rings is 1. The van der Waals surface area contributed by atoms with E-state index in [0.717, 1.165) is 17.9 Å². The third-order valence-electron chi connectivity index (χ3n) is 3.53. The number of hydrogen-bond acceptors (Lipinski definition) is 3. The van der Waals surface area contributed by atoms with Crippen LogP contribution in [0.2, 0.25) is 0 Å². The maximum atomic E-state index is 6.24. The average Bonchev–Trinajstić information content (AvgIpc) is 2.91. The predicted octanol–water partition coefficient (Wildman–Crippen LogP) is 2.91. The average molecular weight is 249 g/mol. The first-order chi connectivity index (χ1) is 8.85. The van der Waals surface area contributed by atoms with Gasteiger partial charge in [0.15, 0.2) is 0 Å². The number of para-hydroxylation sites is 1. The summed E-state index contributed by atoms with van der Waals surface area (Å²) in [6.45, 7) is 0.816. The fourth-order valence-corrected chi connectivity index (χ4v) is 2.61. The molecule has 1 aliphatic rings. The Morgan fingerprint density at radius 2 is 2.00 bits per heavy atom. The van der Waals surface area contributed by atoms with Gasteiger partial charge in [-0.25, -0.2) is 0 Å². The number of hydrogen-bond donors (Lipinski definition) is 1. The maximum absolute atomic E-state index is 6.24. The molecule has 100 valence electrons. The van der Waals surface area contributed by atoms with Gasteiger partial charge in [0.25, 0.3) is 0 Å². The molecule has 0 heterocycles. The third kappa shape index (κ3) is 3.24. The maximum Gasteiger partial charge on any atom is 0.124 e. The number of nitrogens with one attached hydrogen (secondary N) is 1. The normalized spacial score (nSPS) is 17.9. The van der Waals surface area contributed by atoms with Gasteiger partial charge in [0.1, 0.15) is 5.75 Å². The summed E-state index contributed by atoms with van der Waals surface area (Å²) in [4.78, 5) is 0. The Kier molecular flexibility index (Phi) is 5.02. The van der Waals surface area contributed by atoms with Crippen LogP contribution in [0.25, 0.3) is 0 Å². The van der Waals surface area contributed by atoms with Gasteiger partial charge in [-0.2, -0.15) is 0 Å². The Labute approximate surface area is 109 Å². The Hall–Kier alpha value is -1.06. The molecule has 0 bridgehead atoms. The fraction of sp³-hybridized carbons (Fsp3) is 0.600. The van der Waals surface area contributed by atoms with Crippen LogP contribution in [-0.2, 0) is 4.74 Å². The second-order valence-electron chi connectivity index (χ2n) is 4.83. The zero-order valence-corrected chi connectivity index (χ0v) is 11.3. The van der Waals surface area contributed by atoms with Crippen LogP contribution in [0.5, 0.6) is 5.75 Å². The van der Waals surface area contributed by atoms with E-state index in [9.17, 15) is 0 Å². The van der Waals surface area contributed by atoms with Crippen molar-refractivity contribution in [2.24, 2.45) is 0 Å². The molecule has 1 aliphatic carbocycles. The van der Waals surface area contributed by atoms with E-state index in [-0.39, 0.29) is 6.10 Å². The van der Waals surface area contributed by atoms with E-state index in [1.54, 1.807) is 7.11 Å². The van der Waals surface area contributed by atoms with Gasteiger partial charge < -0.3 is 14.8 Å². The van der Waals surface area contributed by atoms with Gasteiger partial charge in [0.2, 0.25) is 0 Å². The van der Waals surface area contributed by atoms with Crippen LogP contribution in [-0.4, -0.2) is 26.8 Å². The van der Waals surface area contributed by atoms with Crippen molar-refractivity contribution in [3.8, 4) is 5.75 Å². The van der Waals surface area contributed by atoms with Crippen molar-refractivity contribution < 1.29 is 9.47 Å². The number of methoxy groups -OCH3 is 1. The van der Waals surface area contributed by atoms with Crippen LogP contribution in [0.15, 0.2) is 24.3 Å². The minimum atomic E-state index is 0.0780. The molecule has 3 heteroatoms. The molecule has 0 amide bonds. The lowest BCUT2D eigenvalue weighted by Gasteiger charge is -2.23. The van der Waals surface area contributed by atoms with Crippen LogP contribution in [0.1, 0.15) is 37.4 Å². The molecule has 1 N–H and O–H groups in total. The zero-order valence-electron chi connectivity index (χ0n) is 11.3. The monoisotopic (exact) mass is 249 g/mol. The first-order valence-corrected chi connectivity index (χ1v) is 6.78. The van der Waals surface area contributed by atoms with E-state index >= 15 is 0 Å². The number of ether oxygens (including phenoxy) is 2. The van der Waals surface area contributed by atoms with E-state index in [4.69, 9.17) is 9.47 Å². The highest BCUT2D eigenvalue weighted by molar-refractivity contribution is 5.35. The zero-order chi connectivity index (χ0) is 12.8. The van der Waals surface area contributed by atoms with E-state index in [2.05, 4.69) is 11.4 Å². The van der Waals surface area contributed by atoms with Gasteiger partial charge in [-0.3, -0.25) is 0 Å². The van der Waals surface area contributed by atoms with Gasteiger partial charge in [-0.05, 0) is 26.0 Å². The Morgan fingerprint density at radius 3 is 2.67 bits per heavy atom. The second kappa shape index (κ2) is 6.76. The predicted molar refractivity (Wildman–Crippen MR) is 73.0 cm³/mol. The molecule has 1 saturated carbocycles. The van der Waals surface area contributed by atoms with Crippen molar-refractivity contribution in [2.75, 3.05) is 20.7 Å². The lowest BCUT2D eigenvalue weighted by molar-refractivity contribution is -0.00889. The molecule has 3 nitrogen and oxygen atoms in total. The highest BCUT2D eigenvalue weighted by Gasteiger charge is 2.23. The molecular formula is C15H23NO2. The smallest absolute Gasteiger partial charge is 0.124 e. The van der Waals surface area contributed by atoms with Crippen LogP contribution >= 0.6 is 0 Å². The largest absolute Gasteiger partial charge is 0.496 e. The second-order valence-corrected chi connectivity index (χ2v) is 4.83. The molecule has 1 fully saturated rings. The summed E-state index contributed by atoms with van der Waals surface area (Å²) < 4.78 is 11.7. The molecule has 1 aromatic rings. The first-order valence-electron chi connectivity index (χ1n) is 6.78. The molecule has 0 radical (unpaired) electrons. The summed E-state index contributed by atoms with van der Waals surface area (Å²) in [6.07, 6.45) is 5.46. The van der Waals surface area contributed by atoms with Crippen LogP contribution in [0.3, 0.4) is 0 Å². The van der Waals surface area contributed by atoms with Gasteiger partial charge >= 0.3 is 0 Å². The summed E-state index contributed by atoms with van der Waals surface area (Å²) in [6, 6.07) is 8.12. The Bertz CT molecular complexity index is 361. The molecule has 0 aliphatic heterocycles. The minimum absolute atomic E-state index is 0.0780. The standard InChI is InChI=1S/C15H23NO2/c1-16-11-15(18-12-7-3-4-8-12)13-9-5-6-10-14(13)17-2/h5-6,9-10,12,15-16H,3-4,7-8,11H2,1-2H3. The highest BCUT2D eigenvalue weighted by Crippen LogP contribution is 2.31. The molecule has 0 saturated heterocycles. The lowest BCUT2D eigenvalue weighted by atomic mass is 10.1. The SMILES string of the molecule is CNCC(OC1CCCC1)c1ccccc1OC. The van der Waals surface area contributed by atoms with Crippen molar-refractivity contribution >= 4 is 0 Å². The summed E-state index contributed by atoms with van der Waals surface area (Å²) in [7, 11) is 3.67. The van der Waals surface area contributed by atoms with E-state index < -0.39 is 0 Å². The molecule has 2 rings (SSSR count). The molecule has 1 unspecified atom stereocenters. The van der Waals surface area contributed by atoms with Crippen molar-refractivity contribution in [3.63, 3.8) is 0 Å². The summed E-state index contributed by atoms with van der Waals surface area (Å²) in [5, 5.41) is 3.21. The van der Waals surface area contributed by atoms with Gasteiger partial charge in [0.05, 0.1) is 19.3 Å². The van der Waals surface area contributed by atoms with E-state index in [0.29, 0.717) is 6.10 Å². The third-order valence-corrected chi connectivity index (χ3v) is 3.53. The van der Waals surface area contributed by atoms with Crippen molar-refractivity contribution in [1.82, 2.24) is 5.32 Å². The van der Waals surface area contributed by atoms with Crippen molar-refractivity contribution in [3.05, 3.63) is 29.8 Å². The van der Waals surface area contributed by atoms with Gasteiger partial charge in [-0.1, -0.05) is 31.0 Å². The van der Waals surface area contributed by atoms with Crippen molar-refractivity contribution in [1.29, 1.82) is 0 Å². The Balaban J connectivity index is 2.11. The fourth-order valence-electron chi connectivity index (χ4n) is 2.61. The summed E-state index contributed by atoms with van der Waals surface area (Å²) in [5.41, 5.74) is 1.14. The number of likely N-dealkylation sites (N-methyl/N-ethyl adjacent to an activating group) is 1. The molecule has 0 aromatic heterocycles. The van der Waals surface area contributed by atoms with Gasteiger partial charge in [0, 0.05) is 12.1 Å².